The molecular formula is C11H14ClF2NO5S. The summed E-state index contributed by atoms with van der Waals surface area (Å²) in [6.45, 7) is 0.804. The molecule has 0 aliphatic rings. The number of carbonyl (C=O) groups excluding carboxylic acids is 1. The van der Waals surface area contributed by atoms with Crippen LogP contribution in [0.3, 0.4) is 0 Å². The van der Waals surface area contributed by atoms with Gasteiger partial charge < -0.3 is 14.0 Å². The lowest BCUT2D eigenvalue weighted by molar-refractivity contribution is 0.0106. The monoisotopic (exact) mass is 345 g/mol. The quantitative estimate of drug-likeness (QED) is 0.557. The maximum absolute atomic E-state index is 12.5. The van der Waals surface area contributed by atoms with Crippen LogP contribution in [0.15, 0.2) is 17.2 Å². The number of rotatable bonds is 7. The molecule has 0 aliphatic carbocycles. The van der Waals surface area contributed by atoms with E-state index in [0.717, 1.165) is 16.8 Å². The number of ether oxygens (including phenoxy) is 2. The van der Waals surface area contributed by atoms with E-state index in [1.807, 2.05) is 0 Å². The lowest BCUT2D eigenvalue weighted by atomic mass is 10.4. The van der Waals surface area contributed by atoms with Crippen LogP contribution in [0.1, 0.15) is 17.4 Å². The standard InChI is InChI=1S/C11H14ClF2NO5S/c1-7(6-19-2)20-11(16)9-3-8(21(12,17)18)4-15(9)5-10(13)14/h3-4,7,10H,5-6H2,1-2H3. The minimum Gasteiger partial charge on any atom is -0.456 e. The smallest absolute Gasteiger partial charge is 0.355 e. The number of hydrogen-bond donors (Lipinski definition) is 0. The Bertz CT molecular complexity index is 602. The van der Waals surface area contributed by atoms with Gasteiger partial charge in [-0.15, -0.1) is 0 Å². The highest BCUT2D eigenvalue weighted by Gasteiger charge is 2.23. The van der Waals surface area contributed by atoms with Gasteiger partial charge in [0.05, 0.1) is 13.2 Å². The Morgan fingerprint density at radius 3 is 2.57 bits per heavy atom. The molecule has 21 heavy (non-hydrogen) atoms. The Morgan fingerprint density at radius 1 is 1.48 bits per heavy atom. The van der Waals surface area contributed by atoms with Crippen LogP contribution in [0.2, 0.25) is 0 Å². The summed E-state index contributed by atoms with van der Waals surface area (Å²) in [7, 11) is 2.41. The lowest BCUT2D eigenvalue weighted by Gasteiger charge is -2.13. The number of aromatic nitrogens is 1. The van der Waals surface area contributed by atoms with Crippen molar-refractivity contribution in [1.82, 2.24) is 4.57 Å². The molecule has 0 N–H and O–H groups in total. The first kappa shape index (κ1) is 17.9. The highest BCUT2D eigenvalue weighted by Crippen LogP contribution is 2.20. The molecule has 6 nitrogen and oxygen atoms in total. The predicted octanol–water partition coefficient (Wildman–Crippen LogP) is 1.87. The van der Waals surface area contributed by atoms with Crippen molar-refractivity contribution in [3.05, 3.63) is 18.0 Å². The van der Waals surface area contributed by atoms with Crippen molar-refractivity contribution in [2.45, 2.75) is 30.9 Å². The largest absolute Gasteiger partial charge is 0.456 e. The number of hydrogen-bond acceptors (Lipinski definition) is 5. The molecule has 0 saturated carbocycles. The van der Waals surface area contributed by atoms with Gasteiger partial charge in [0.1, 0.15) is 16.7 Å². The normalized spacial score (nSPS) is 13.4. The Balaban J connectivity index is 3.08. The molecule has 0 saturated heterocycles. The van der Waals surface area contributed by atoms with Gasteiger partial charge >= 0.3 is 5.97 Å². The summed E-state index contributed by atoms with van der Waals surface area (Å²) >= 11 is 0. The van der Waals surface area contributed by atoms with Crippen LogP contribution in [-0.4, -0.2) is 45.2 Å². The molecule has 0 radical (unpaired) electrons. The van der Waals surface area contributed by atoms with Crippen LogP contribution < -0.4 is 0 Å². The molecule has 1 unspecified atom stereocenters. The lowest BCUT2D eigenvalue weighted by Crippen LogP contribution is -2.22. The fourth-order valence-electron chi connectivity index (χ4n) is 1.60. The van der Waals surface area contributed by atoms with Gasteiger partial charge in [0.2, 0.25) is 0 Å². The van der Waals surface area contributed by atoms with Gasteiger partial charge in [-0.2, -0.15) is 0 Å². The number of methoxy groups -OCH3 is 1. The van der Waals surface area contributed by atoms with E-state index >= 15 is 0 Å². The van der Waals surface area contributed by atoms with E-state index in [2.05, 4.69) is 0 Å². The van der Waals surface area contributed by atoms with Gasteiger partial charge in [-0.3, -0.25) is 0 Å². The van der Waals surface area contributed by atoms with E-state index in [9.17, 15) is 22.0 Å². The van der Waals surface area contributed by atoms with Gasteiger partial charge in [-0.1, -0.05) is 0 Å². The first-order chi connectivity index (χ1) is 9.65. The molecule has 0 spiro atoms. The predicted molar refractivity (Wildman–Crippen MR) is 70.2 cm³/mol. The molecule has 0 amide bonds. The molecule has 0 aliphatic heterocycles. The van der Waals surface area contributed by atoms with Crippen LogP contribution in [0, 0.1) is 0 Å². The summed E-state index contributed by atoms with van der Waals surface area (Å²) in [5, 5.41) is 0. The van der Waals surface area contributed by atoms with E-state index in [4.69, 9.17) is 20.2 Å². The summed E-state index contributed by atoms with van der Waals surface area (Å²) in [5.74, 6) is -0.938. The van der Waals surface area contributed by atoms with E-state index < -0.39 is 39.0 Å². The summed E-state index contributed by atoms with van der Waals surface area (Å²) in [4.78, 5) is 11.4. The second-order valence-corrected chi connectivity index (χ2v) is 6.78. The van der Waals surface area contributed by atoms with Gasteiger partial charge in [-0.05, 0) is 13.0 Å². The zero-order valence-corrected chi connectivity index (χ0v) is 12.8. The molecule has 1 atom stereocenters. The topological polar surface area (TPSA) is 74.6 Å². The summed E-state index contributed by atoms with van der Waals surface area (Å²) in [6, 6.07) is 0.895. The molecule has 0 fully saturated rings. The summed E-state index contributed by atoms with van der Waals surface area (Å²) < 4.78 is 57.9. The molecule has 1 aromatic rings. The molecule has 0 bridgehead atoms. The van der Waals surface area contributed by atoms with Crippen molar-refractivity contribution in [3.63, 3.8) is 0 Å². The van der Waals surface area contributed by atoms with Crippen molar-refractivity contribution < 1.29 is 31.5 Å². The third kappa shape index (κ3) is 5.25. The Morgan fingerprint density at radius 2 is 2.10 bits per heavy atom. The molecule has 1 rings (SSSR count). The molecule has 10 heteroatoms. The molecule has 0 aromatic carbocycles. The zero-order chi connectivity index (χ0) is 16.2. The number of alkyl halides is 2. The summed E-state index contributed by atoms with van der Waals surface area (Å²) in [5.41, 5.74) is -0.322. The fourth-order valence-corrected chi connectivity index (χ4v) is 2.36. The Labute approximate surface area is 125 Å². The third-order valence-electron chi connectivity index (χ3n) is 2.41. The molecule has 1 aromatic heterocycles. The average Bonchev–Trinajstić information content (AvgIpc) is 2.71. The van der Waals surface area contributed by atoms with Gasteiger partial charge in [0.25, 0.3) is 15.5 Å². The van der Waals surface area contributed by atoms with Crippen molar-refractivity contribution in [2.24, 2.45) is 0 Å². The highest BCUT2D eigenvalue weighted by molar-refractivity contribution is 8.13. The molecule has 1 heterocycles. The first-order valence-electron chi connectivity index (χ1n) is 5.78. The second kappa shape index (κ2) is 7.19. The zero-order valence-electron chi connectivity index (χ0n) is 11.3. The van der Waals surface area contributed by atoms with Crippen LogP contribution in [-0.2, 0) is 25.1 Å². The number of nitrogens with zero attached hydrogens (tertiary/aromatic N) is 1. The van der Waals surface area contributed by atoms with Crippen molar-refractivity contribution in [1.29, 1.82) is 0 Å². The van der Waals surface area contributed by atoms with Crippen molar-refractivity contribution in [2.75, 3.05) is 13.7 Å². The first-order valence-corrected chi connectivity index (χ1v) is 8.09. The Hall–Kier alpha value is -1.19. The number of halogens is 3. The van der Waals surface area contributed by atoms with E-state index in [1.165, 1.54) is 7.11 Å². The minimum absolute atomic E-state index is 0.113. The number of esters is 1. The summed E-state index contributed by atoms with van der Waals surface area (Å²) in [6.07, 6.45) is -2.52. The second-order valence-electron chi connectivity index (χ2n) is 4.21. The van der Waals surface area contributed by atoms with Crippen LogP contribution >= 0.6 is 10.7 Å². The van der Waals surface area contributed by atoms with Crippen molar-refractivity contribution >= 4 is 25.7 Å². The fraction of sp³-hybridized carbons (Fsp3) is 0.545. The van der Waals surface area contributed by atoms with Crippen LogP contribution in [0.5, 0.6) is 0 Å². The van der Waals surface area contributed by atoms with Gasteiger partial charge in [-0.25, -0.2) is 22.0 Å². The number of carbonyl (C=O) groups is 1. The SMILES string of the molecule is COCC(C)OC(=O)c1cc(S(=O)(=O)Cl)cn1CC(F)F. The van der Waals surface area contributed by atoms with Gasteiger partial charge in [0.15, 0.2) is 0 Å². The highest BCUT2D eigenvalue weighted by atomic mass is 35.7. The van der Waals surface area contributed by atoms with E-state index in [-0.39, 0.29) is 12.3 Å². The van der Waals surface area contributed by atoms with E-state index in [0.29, 0.717) is 0 Å². The maximum Gasteiger partial charge on any atom is 0.355 e. The third-order valence-corrected chi connectivity index (χ3v) is 3.73. The van der Waals surface area contributed by atoms with Crippen LogP contribution in [0.4, 0.5) is 8.78 Å². The van der Waals surface area contributed by atoms with Gasteiger partial charge in [0, 0.05) is 24.0 Å². The molecule has 120 valence electrons. The maximum atomic E-state index is 12.5. The van der Waals surface area contributed by atoms with E-state index in [1.54, 1.807) is 6.92 Å². The van der Waals surface area contributed by atoms with Crippen LogP contribution in [0.25, 0.3) is 0 Å². The molecular weight excluding hydrogens is 332 g/mol. The average molecular weight is 346 g/mol. The Kier molecular flexibility index (Phi) is 6.11. The minimum atomic E-state index is -4.14. The van der Waals surface area contributed by atoms with Crippen molar-refractivity contribution in [3.8, 4) is 0 Å².